The molecule has 0 aromatic rings. The molecule has 0 aliphatic carbocycles. The van der Waals surface area contributed by atoms with Gasteiger partial charge in [0, 0.05) is 6.42 Å². The largest absolute Gasteiger partial charge is 0.469 e. The normalized spacial score (nSPS) is 12.7. The molecule has 0 heterocycles. The van der Waals surface area contributed by atoms with E-state index < -0.39 is 6.10 Å². The van der Waals surface area contributed by atoms with Gasteiger partial charge in [0.1, 0.15) is 6.10 Å². The van der Waals surface area contributed by atoms with Gasteiger partial charge >= 0.3 is 5.97 Å². The minimum absolute atomic E-state index is 0.129. The zero-order valence-electron chi connectivity index (χ0n) is 16.1. The lowest BCUT2D eigenvalue weighted by molar-refractivity contribution is -0.151. The van der Waals surface area contributed by atoms with Crippen LogP contribution in [0.3, 0.4) is 0 Å². The van der Waals surface area contributed by atoms with Crippen molar-refractivity contribution in [2.45, 2.75) is 91.1 Å². The summed E-state index contributed by atoms with van der Waals surface area (Å²) >= 11 is 0. The van der Waals surface area contributed by atoms with Crippen molar-refractivity contribution in [1.82, 2.24) is 0 Å². The van der Waals surface area contributed by atoms with Crippen LogP contribution in [0.5, 0.6) is 0 Å². The number of hydrogen-bond acceptors (Lipinski definition) is 3. The minimum Gasteiger partial charge on any atom is -0.469 e. The zero-order chi connectivity index (χ0) is 18.3. The summed E-state index contributed by atoms with van der Waals surface area (Å²) in [5.41, 5.74) is -0.380. The molecule has 1 unspecified atom stereocenters. The molecule has 0 saturated carbocycles. The van der Waals surface area contributed by atoms with Crippen LogP contribution in [0, 0.1) is 17.3 Å². The summed E-state index contributed by atoms with van der Waals surface area (Å²) in [5.74, 6) is 5.76. The molecule has 24 heavy (non-hydrogen) atoms. The Morgan fingerprint density at radius 3 is 2.54 bits per heavy atom. The summed E-state index contributed by atoms with van der Waals surface area (Å²) in [5, 5.41) is 9.71. The monoisotopic (exact) mass is 336 g/mol. The number of esters is 1. The molecular weight excluding hydrogens is 300 g/mol. The highest BCUT2D eigenvalue weighted by Gasteiger charge is 2.27. The van der Waals surface area contributed by atoms with Crippen molar-refractivity contribution in [1.29, 1.82) is 0 Å². The lowest BCUT2D eigenvalue weighted by atomic mass is 9.87. The first-order chi connectivity index (χ1) is 11.4. The van der Waals surface area contributed by atoms with E-state index in [1.165, 1.54) is 20.0 Å². The Hall–Kier alpha value is -1.27. The highest BCUT2D eigenvalue weighted by atomic mass is 16.5. The van der Waals surface area contributed by atoms with E-state index in [-0.39, 0.29) is 11.4 Å². The van der Waals surface area contributed by atoms with Gasteiger partial charge in [0.15, 0.2) is 0 Å². The number of rotatable bonds is 12. The molecule has 0 spiro atoms. The predicted octanol–water partition coefficient (Wildman–Crippen LogP) is 5.03. The number of aliphatic hydroxyl groups excluding tert-OH is 1. The molecule has 0 fully saturated rings. The number of unbranched alkanes of at least 4 members (excludes halogenated alkanes) is 7. The molecule has 3 nitrogen and oxygen atoms in total. The number of methoxy groups -OCH3 is 1. The van der Waals surface area contributed by atoms with Gasteiger partial charge in [0.05, 0.1) is 12.5 Å². The molecule has 0 aromatic heterocycles. The second-order valence-corrected chi connectivity index (χ2v) is 6.98. The van der Waals surface area contributed by atoms with E-state index in [9.17, 15) is 9.90 Å². The lowest BCUT2D eigenvalue weighted by Crippen LogP contribution is -2.25. The number of carbonyl (C=O) groups is 1. The topological polar surface area (TPSA) is 46.5 Å². The van der Waals surface area contributed by atoms with Gasteiger partial charge in [-0.25, -0.2) is 0 Å². The van der Waals surface area contributed by atoms with E-state index in [2.05, 4.69) is 18.8 Å². The van der Waals surface area contributed by atoms with Gasteiger partial charge in [-0.05, 0) is 45.6 Å². The summed E-state index contributed by atoms with van der Waals surface area (Å²) in [6.07, 6.45) is 13.8. The van der Waals surface area contributed by atoms with E-state index in [4.69, 9.17) is 4.74 Å². The molecule has 0 bridgehead atoms. The fraction of sp³-hybridized carbons (Fsp3) is 0.762. The van der Waals surface area contributed by atoms with Crippen LogP contribution in [-0.2, 0) is 9.53 Å². The summed E-state index contributed by atoms with van der Waals surface area (Å²) in [7, 11) is 1.44. The van der Waals surface area contributed by atoms with Crippen molar-refractivity contribution in [3.8, 4) is 11.8 Å². The Kier molecular flexibility index (Phi) is 13.4. The predicted molar refractivity (Wildman–Crippen MR) is 101 cm³/mol. The lowest BCUT2D eigenvalue weighted by Gasteiger charge is -2.20. The van der Waals surface area contributed by atoms with Crippen molar-refractivity contribution in [3.63, 3.8) is 0 Å². The number of aliphatic hydroxyl groups is 1. The van der Waals surface area contributed by atoms with Gasteiger partial charge in [-0.3, -0.25) is 4.79 Å². The molecule has 0 aliphatic heterocycles. The van der Waals surface area contributed by atoms with Gasteiger partial charge in [0.25, 0.3) is 0 Å². The van der Waals surface area contributed by atoms with Gasteiger partial charge in [0.2, 0.25) is 0 Å². The molecule has 0 amide bonds. The van der Waals surface area contributed by atoms with E-state index in [1.807, 2.05) is 19.9 Å². The van der Waals surface area contributed by atoms with Crippen molar-refractivity contribution in [2.75, 3.05) is 7.11 Å². The van der Waals surface area contributed by atoms with Gasteiger partial charge in [-0.2, -0.15) is 0 Å². The van der Waals surface area contributed by atoms with Crippen LogP contribution >= 0.6 is 0 Å². The van der Waals surface area contributed by atoms with E-state index in [0.29, 0.717) is 0 Å². The molecule has 3 heteroatoms. The highest BCUT2D eigenvalue weighted by Crippen LogP contribution is 2.25. The molecule has 0 aromatic carbocycles. The first-order valence-corrected chi connectivity index (χ1v) is 9.35. The van der Waals surface area contributed by atoms with Crippen LogP contribution in [0.25, 0.3) is 0 Å². The fourth-order valence-corrected chi connectivity index (χ4v) is 2.47. The number of allylic oxidation sites excluding steroid dienone is 1. The molecule has 0 saturated heterocycles. The Balaban J connectivity index is 3.67. The molecule has 1 atom stereocenters. The standard InChI is InChI=1S/C21H36O3/c1-5-6-7-10-13-16-19(22)17-14-11-8-9-12-15-18-21(2,3)20(23)24-4/h14,17,19,22H,5-12,15,18H2,1-4H3/b17-14+. The maximum atomic E-state index is 11.6. The Bertz CT molecular complexity index is 413. The smallest absolute Gasteiger partial charge is 0.311 e. The number of carbonyl (C=O) groups excluding carboxylic acids is 1. The number of ether oxygens (including phenoxy) is 1. The fourth-order valence-electron chi connectivity index (χ4n) is 2.47. The Morgan fingerprint density at radius 2 is 1.88 bits per heavy atom. The Labute approximate surface area is 148 Å². The second kappa shape index (κ2) is 14.1. The first-order valence-electron chi connectivity index (χ1n) is 9.35. The molecule has 0 rings (SSSR count). The molecule has 0 aliphatic rings. The molecule has 138 valence electrons. The van der Waals surface area contributed by atoms with Gasteiger partial charge < -0.3 is 9.84 Å². The van der Waals surface area contributed by atoms with E-state index >= 15 is 0 Å². The molecule has 0 radical (unpaired) electrons. The second-order valence-electron chi connectivity index (χ2n) is 6.98. The maximum absolute atomic E-state index is 11.6. The van der Waals surface area contributed by atoms with Gasteiger partial charge in [-0.1, -0.05) is 51.0 Å². The highest BCUT2D eigenvalue weighted by molar-refractivity contribution is 5.75. The van der Waals surface area contributed by atoms with Crippen LogP contribution in [0.15, 0.2) is 12.2 Å². The van der Waals surface area contributed by atoms with Crippen molar-refractivity contribution < 1.29 is 14.6 Å². The van der Waals surface area contributed by atoms with Crippen molar-refractivity contribution in [3.05, 3.63) is 12.2 Å². The van der Waals surface area contributed by atoms with Crippen LogP contribution in [0.4, 0.5) is 0 Å². The van der Waals surface area contributed by atoms with Crippen LogP contribution in [0.1, 0.15) is 85.0 Å². The van der Waals surface area contributed by atoms with Crippen molar-refractivity contribution in [2.24, 2.45) is 5.41 Å². The van der Waals surface area contributed by atoms with E-state index in [1.54, 1.807) is 6.08 Å². The van der Waals surface area contributed by atoms with E-state index in [0.717, 1.165) is 51.4 Å². The maximum Gasteiger partial charge on any atom is 0.311 e. The average molecular weight is 337 g/mol. The van der Waals surface area contributed by atoms with Crippen molar-refractivity contribution >= 4 is 5.97 Å². The third-order valence-electron chi connectivity index (χ3n) is 4.13. The third kappa shape index (κ3) is 12.2. The average Bonchev–Trinajstić information content (AvgIpc) is 2.56. The van der Waals surface area contributed by atoms with Gasteiger partial charge in [-0.15, -0.1) is 5.92 Å². The third-order valence-corrected chi connectivity index (χ3v) is 4.13. The SMILES string of the molecule is CCCCCC#CC(O)/C=C/CCCCCCC(C)(C)C(=O)OC. The summed E-state index contributed by atoms with van der Waals surface area (Å²) in [6, 6.07) is 0. The summed E-state index contributed by atoms with van der Waals surface area (Å²) in [6.45, 7) is 6.05. The van der Waals surface area contributed by atoms with Crippen LogP contribution < -0.4 is 0 Å². The molecular formula is C21H36O3. The first kappa shape index (κ1) is 22.7. The zero-order valence-corrected chi connectivity index (χ0v) is 16.1. The Morgan fingerprint density at radius 1 is 1.17 bits per heavy atom. The summed E-state index contributed by atoms with van der Waals surface area (Å²) in [4.78, 5) is 11.6. The number of hydrogen-bond donors (Lipinski definition) is 1. The minimum atomic E-state index is -0.632. The summed E-state index contributed by atoms with van der Waals surface area (Å²) < 4.78 is 4.81. The molecule has 1 N–H and O–H groups in total. The quantitative estimate of drug-likeness (QED) is 0.235. The van der Waals surface area contributed by atoms with Crippen LogP contribution in [-0.4, -0.2) is 24.3 Å². The van der Waals surface area contributed by atoms with Crippen LogP contribution in [0.2, 0.25) is 0 Å².